The minimum Gasteiger partial charge on any atom is -0.463 e. The summed E-state index contributed by atoms with van der Waals surface area (Å²) in [5.74, 6) is -0.738. The smallest absolute Gasteiger partial charge is 0.274 e. The molecule has 0 spiro atoms. The van der Waals surface area contributed by atoms with Crippen LogP contribution in [0, 0.1) is 15.9 Å². The number of non-ortho nitro benzene ring substituents is 1. The fraction of sp³-hybridized carbons (Fsp3) is 0. The number of carbonyl (C=O) groups excluding carboxylic acids is 1. The number of rotatable bonds is 5. The van der Waals surface area contributed by atoms with Crippen molar-refractivity contribution in [2.45, 2.75) is 0 Å². The van der Waals surface area contributed by atoms with E-state index in [1.807, 2.05) is 0 Å². The summed E-state index contributed by atoms with van der Waals surface area (Å²) in [6.45, 7) is 0. The van der Waals surface area contributed by atoms with E-state index in [9.17, 15) is 19.3 Å². The lowest BCUT2D eigenvalue weighted by molar-refractivity contribution is -0.384. The lowest BCUT2D eigenvalue weighted by atomic mass is 10.2. The zero-order valence-corrected chi connectivity index (χ0v) is 14.8. The van der Waals surface area contributed by atoms with Crippen LogP contribution in [0.4, 0.5) is 15.8 Å². The molecule has 1 N–H and O–H groups in total. The molecule has 9 heteroatoms. The van der Waals surface area contributed by atoms with Crippen LogP contribution in [-0.4, -0.2) is 20.6 Å². The summed E-state index contributed by atoms with van der Waals surface area (Å²) in [5, 5.41) is 17.8. The molecule has 1 amide bonds. The van der Waals surface area contributed by atoms with Crippen molar-refractivity contribution in [3.8, 4) is 17.1 Å². The van der Waals surface area contributed by atoms with Gasteiger partial charge in [-0.05, 0) is 36.4 Å². The van der Waals surface area contributed by atoms with Gasteiger partial charge in [-0.15, -0.1) is 0 Å². The normalized spacial score (nSPS) is 10.7. The van der Waals surface area contributed by atoms with E-state index < -0.39 is 16.6 Å². The van der Waals surface area contributed by atoms with Crippen LogP contribution in [0.2, 0.25) is 0 Å². The van der Waals surface area contributed by atoms with Gasteiger partial charge in [0, 0.05) is 18.2 Å². The number of carbonyl (C=O) groups is 1. The number of hydrogen-bond donors (Lipinski definition) is 1. The van der Waals surface area contributed by atoms with Gasteiger partial charge in [-0.25, -0.2) is 9.07 Å². The molecule has 8 nitrogen and oxygen atoms in total. The largest absolute Gasteiger partial charge is 0.463 e. The van der Waals surface area contributed by atoms with Gasteiger partial charge in [0.05, 0.1) is 22.6 Å². The number of anilines is 1. The molecule has 0 fully saturated rings. The lowest BCUT2D eigenvalue weighted by Crippen LogP contribution is -2.17. The Hall–Kier alpha value is -4.27. The fourth-order valence-corrected chi connectivity index (χ4v) is 2.75. The third-order valence-electron chi connectivity index (χ3n) is 4.14. The third kappa shape index (κ3) is 3.61. The summed E-state index contributed by atoms with van der Waals surface area (Å²) >= 11 is 0. The highest BCUT2D eigenvalue weighted by atomic mass is 19.1. The summed E-state index contributed by atoms with van der Waals surface area (Å²) in [6.07, 6.45) is 1.47. The van der Waals surface area contributed by atoms with Crippen LogP contribution < -0.4 is 5.32 Å². The summed E-state index contributed by atoms with van der Waals surface area (Å²) < 4.78 is 20.6. The van der Waals surface area contributed by atoms with Crippen molar-refractivity contribution in [2.24, 2.45) is 0 Å². The van der Waals surface area contributed by atoms with Gasteiger partial charge in [0.2, 0.25) is 0 Å². The minimum atomic E-state index is -0.598. The average Bonchev–Trinajstić information content (AvgIpc) is 3.39. The van der Waals surface area contributed by atoms with Crippen molar-refractivity contribution in [3.05, 3.63) is 94.6 Å². The molecule has 4 rings (SSSR count). The molecule has 2 aromatic heterocycles. The first kappa shape index (κ1) is 18.1. The first-order valence-corrected chi connectivity index (χ1v) is 8.47. The summed E-state index contributed by atoms with van der Waals surface area (Å²) in [4.78, 5) is 23.2. The zero-order valence-electron chi connectivity index (χ0n) is 14.8. The molecular weight excluding hydrogens is 379 g/mol. The van der Waals surface area contributed by atoms with E-state index >= 15 is 0 Å². The maximum atomic E-state index is 13.9. The Morgan fingerprint density at radius 3 is 2.52 bits per heavy atom. The van der Waals surface area contributed by atoms with Gasteiger partial charge < -0.3 is 9.73 Å². The fourth-order valence-electron chi connectivity index (χ4n) is 2.75. The molecule has 0 unspecified atom stereocenters. The summed E-state index contributed by atoms with van der Waals surface area (Å²) in [6, 6.07) is 16.2. The second-order valence-electron chi connectivity index (χ2n) is 6.01. The first-order valence-electron chi connectivity index (χ1n) is 8.47. The number of para-hydroxylation sites is 1. The molecule has 0 aliphatic heterocycles. The van der Waals surface area contributed by atoms with Crippen molar-refractivity contribution in [3.63, 3.8) is 0 Å². The molecule has 2 heterocycles. The Labute approximate surface area is 163 Å². The number of benzene rings is 2. The second kappa shape index (κ2) is 7.39. The van der Waals surface area contributed by atoms with Crippen molar-refractivity contribution in [2.75, 3.05) is 5.32 Å². The third-order valence-corrected chi connectivity index (χ3v) is 4.14. The van der Waals surface area contributed by atoms with E-state index in [4.69, 9.17) is 4.42 Å². The van der Waals surface area contributed by atoms with Gasteiger partial charge in [-0.1, -0.05) is 12.1 Å². The Balaban J connectivity index is 1.76. The van der Waals surface area contributed by atoms with Gasteiger partial charge in [0.1, 0.15) is 17.2 Å². The number of aromatic nitrogens is 2. The van der Waals surface area contributed by atoms with E-state index in [1.165, 1.54) is 59.5 Å². The Morgan fingerprint density at radius 2 is 1.86 bits per heavy atom. The van der Waals surface area contributed by atoms with Crippen molar-refractivity contribution in [1.29, 1.82) is 0 Å². The number of nitrogens with zero attached hydrogens (tertiary/aromatic N) is 3. The standard InChI is InChI=1S/C20H13FN4O4/c21-15-4-1-2-5-16(15)22-20(26)18-12-17(19-6-3-11-29-19)23-24(18)13-7-9-14(10-8-13)25(27)28/h1-12H,(H,22,26). The molecule has 29 heavy (non-hydrogen) atoms. The van der Waals surface area contributed by atoms with Crippen LogP contribution in [0.1, 0.15) is 10.5 Å². The van der Waals surface area contributed by atoms with E-state index in [-0.39, 0.29) is 17.1 Å². The van der Waals surface area contributed by atoms with Crippen LogP contribution in [0.3, 0.4) is 0 Å². The quantitative estimate of drug-likeness (QED) is 0.400. The molecule has 0 atom stereocenters. The number of nitro groups is 1. The lowest BCUT2D eigenvalue weighted by Gasteiger charge is -2.09. The maximum Gasteiger partial charge on any atom is 0.274 e. The van der Waals surface area contributed by atoms with Crippen LogP contribution >= 0.6 is 0 Å². The van der Waals surface area contributed by atoms with Crippen molar-refractivity contribution < 1.29 is 18.5 Å². The number of hydrogen-bond acceptors (Lipinski definition) is 5. The van der Waals surface area contributed by atoms with Crippen molar-refractivity contribution >= 4 is 17.3 Å². The van der Waals surface area contributed by atoms with Crippen LogP contribution in [-0.2, 0) is 0 Å². The van der Waals surface area contributed by atoms with E-state index in [1.54, 1.807) is 18.2 Å². The maximum absolute atomic E-state index is 13.9. The predicted octanol–water partition coefficient (Wildman–Crippen LogP) is 4.43. The minimum absolute atomic E-state index is 0.0218. The summed E-state index contributed by atoms with van der Waals surface area (Å²) in [5.41, 5.74) is 0.839. The predicted molar refractivity (Wildman–Crippen MR) is 102 cm³/mol. The monoisotopic (exact) mass is 392 g/mol. The molecule has 0 bridgehead atoms. The highest BCUT2D eigenvalue weighted by Crippen LogP contribution is 2.24. The number of amides is 1. The molecule has 0 aliphatic rings. The van der Waals surface area contributed by atoms with E-state index in [0.717, 1.165) is 0 Å². The highest BCUT2D eigenvalue weighted by Gasteiger charge is 2.20. The Bertz CT molecular complexity index is 1180. The van der Waals surface area contributed by atoms with Gasteiger partial charge >= 0.3 is 0 Å². The second-order valence-corrected chi connectivity index (χ2v) is 6.01. The number of nitro benzene ring substituents is 1. The molecule has 0 saturated carbocycles. The molecule has 0 radical (unpaired) electrons. The van der Waals surface area contributed by atoms with E-state index in [0.29, 0.717) is 17.1 Å². The van der Waals surface area contributed by atoms with E-state index in [2.05, 4.69) is 10.4 Å². The SMILES string of the molecule is O=C(Nc1ccccc1F)c1cc(-c2ccco2)nn1-c1ccc([N+](=O)[O-])cc1. The van der Waals surface area contributed by atoms with Gasteiger partial charge in [0.15, 0.2) is 5.76 Å². The summed E-state index contributed by atoms with van der Waals surface area (Å²) in [7, 11) is 0. The Kier molecular flexibility index (Phi) is 4.62. The number of halogens is 1. The Morgan fingerprint density at radius 1 is 1.10 bits per heavy atom. The molecule has 0 saturated heterocycles. The van der Waals surface area contributed by atoms with Gasteiger partial charge in [-0.3, -0.25) is 14.9 Å². The zero-order chi connectivity index (χ0) is 20.4. The molecular formula is C20H13FN4O4. The van der Waals surface area contributed by atoms with Crippen LogP contribution in [0.15, 0.2) is 77.4 Å². The number of nitrogens with one attached hydrogen (secondary N) is 1. The topological polar surface area (TPSA) is 103 Å². The first-order chi connectivity index (χ1) is 14.0. The molecule has 144 valence electrons. The van der Waals surface area contributed by atoms with Crippen LogP contribution in [0.25, 0.3) is 17.1 Å². The van der Waals surface area contributed by atoms with Crippen LogP contribution in [0.5, 0.6) is 0 Å². The molecule has 2 aromatic carbocycles. The molecule has 0 aliphatic carbocycles. The number of furan rings is 1. The highest BCUT2D eigenvalue weighted by molar-refractivity contribution is 6.04. The molecule has 4 aromatic rings. The van der Waals surface area contributed by atoms with Crippen molar-refractivity contribution in [1.82, 2.24) is 9.78 Å². The van der Waals surface area contributed by atoms with Gasteiger partial charge in [-0.2, -0.15) is 5.10 Å². The average molecular weight is 392 g/mol. The van der Waals surface area contributed by atoms with Gasteiger partial charge in [0.25, 0.3) is 11.6 Å².